The van der Waals surface area contributed by atoms with Gasteiger partial charge in [0.05, 0.1) is 12.6 Å². The quantitative estimate of drug-likeness (QED) is 0.853. The van der Waals surface area contributed by atoms with Gasteiger partial charge in [-0.1, -0.05) is 11.6 Å². The molecular weight excluding hydrogens is 260 g/mol. The third-order valence-electron chi connectivity index (χ3n) is 1.85. The van der Waals surface area contributed by atoms with E-state index < -0.39 is 24.6 Å². The van der Waals surface area contributed by atoms with Gasteiger partial charge in [-0.2, -0.15) is 18.4 Å². The second-order valence-electron chi connectivity index (χ2n) is 3.26. The summed E-state index contributed by atoms with van der Waals surface area (Å²) in [5.41, 5.74) is 0.0572. The highest BCUT2D eigenvalue weighted by Gasteiger charge is 2.28. The first-order valence-electron chi connectivity index (χ1n) is 4.47. The summed E-state index contributed by atoms with van der Waals surface area (Å²) >= 11 is 5.54. The van der Waals surface area contributed by atoms with Gasteiger partial charge in [0.15, 0.2) is 0 Å². The highest BCUT2D eigenvalue weighted by atomic mass is 35.5. The molecule has 1 aromatic carbocycles. The van der Waals surface area contributed by atoms with Crippen LogP contribution in [0.25, 0.3) is 0 Å². The number of alkyl halides is 3. The first-order valence-corrected chi connectivity index (χ1v) is 4.85. The fraction of sp³-hybridized carbons (Fsp3) is 0.300. The lowest BCUT2D eigenvalue weighted by atomic mass is 10.1. The lowest BCUT2D eigenvalue weighted by Gasteiger charge is -2.14. The summed E-state index contributed by atoms with van der Waals surface area (Å²) < 4.78 is 48.8. The fourth-order valence-corrected chi connectivity index (χ4v) is 1.43. The van der Waals surface area contributed by atoms with Gasteiger partial charge >= 0.3 is 6.18 Å². The number of hydrogen-bond donors (Lipinski definition) is 1. The third-order valence-corrected chi connectivity index (χ3v) is 2.07. The average molecular weight is 267 g/mol. The lowest BCUT2D eigenvalue weighted by Crippen LogP contribution is -2.31. The minimum atomic E-state index is -4.44. The molecule has 0 aromatic heterocycles. The molecule has 1 N–H and O–H groups in total. The Morgan fingerprint density at radius 1 is 1.35 bits per heavy atom. The molecule has 0 aliphatic heterocycles. The van der Waals surface area contributed by atoms with Gasteiger partial charge in [-0.3, -0.25) is 5.32 Å². The van der Waals surface area contributed by atoms with Crippen molar-refractivity contribution < 1.29 is 17.6 Å². The van der Waals surface area contributed by atoms with E-state index in [0.29, 0.717) is 0 Å². The van der Waals surface area contributed by atoms with Gasteiger partial charge in [-0.05, 0) is 23.8 Å². The monoisotopic (exact) mass is 266 g/mol. The molecule has 0 spiro atoms. The Morgan fingerprint density at radius 2 is 2.00 bits per heavy atom. The Balaban J connectivity index is 2.84. The van der Waals surface area contributed by atoms with E-state index in [4.69, 9.17) is 16.9 Å². The Bertz CT molecular complexity index is 419. The highest BCUT2D eigenvalue weighted by molar-refractivity contribution is 6.30. The predicted molar refractivity (Wildman–Crippen MR) is 53.8 cm³/mol. The maximum absolute atomic E-state index is 13.0. The smallest absolute Gasteiger partial charge is 0.290 e. The Labute approximate surface area is 99.8 Å². The minimum Gasteiger partial charge on any atom is -0.290 e. The molecule has 0 saturated carbocycles. The topological polar surface area (TPSA) is 35.8 Å². The van der Waals surface area contributed by atoms with Crippen LogP contribution in [0.1, 0.15) is 11.6 Å². The van der Waals surface area contributed by atoms with Crippen LogP contribution in [-0.4, -0.2) is 12.7 Å². The third kappa shape index (κ3) is 4.59. The zero-order chi connectivity index (χ0) is 13.1. The predicted octanol–water partition coefficient (Wildman–Crippen LogP) is 3.20. The normalized spacial score (nSPS) is 13.2. The molecule has 17 heavy (non-hydrogen) atoms. The second-order valence-corrected chi connectivity index (χ2v) is 3.70. The minimum absolute atomic E-state index is 0.0223. The molecule has 0 fully saturated rings. The van der Waals surface area contributed by atoms with E-state index in [2.05, 4.69) is 0 Å². The molecule has 2 nitrogen and oxygen atoms in total. The van der Waals surface area contributed by atoms with Crippen LogP contribution in [-0.2, 0) is 0 Å². The molecule has 0 saturated heterocycles. The van der Waals surface area contributed by atoms with Gasteiger partial charge < -0.3 is 0 Å². The Morgan fingerprint density at radius 3 is 2.47 bits per heavy atom. The fourth-order valence-electron chi connectivity index (χ4n) is 1.20. The van der Waals surface area contributed by atoms with Crippen LogP contribution in [0.3, 0.4) is 0 Å². The van der Waals surface area contributed by atoms with Crippen LogP contribution in [0.5, 0.6) is 0 Å². The SMILES string of the molecule is N#CC(NCC(F)(F)F)c1cc(F)cc(Cl)c1. The maximum atomic E-state index is 13.0. The molecule has 0 radical (unpaired) electrons. The molecule has 0 bridgehead atoms. The largest absolute Gasteiger partial charge is 0.401 e. The number of nitrogens with one attached hydrogen (secondary N) is 1. The molecule has 0 aliphatic carbocycles. The van der Waals surface area contributed by atoms with Crippen molar-refractivity contribution in [2.45, 2.75) is 12.2 Å². The summed E-state index contributed by atoms with van der Waals surface area (Å²) in [4.78, 5) is 0. The van der Waals surface area contributed by atoms with E-state index in [9.17, 15) is 17.6 Å². The van der Waals surface area contributed by atoms with E-state index in [1.54, 1.807) is 6.07 Å². The number of nitriles is 1. The van der Waals surface area contributed by atoms with Gasteiger partial charge in [0.2, 0.25) is 0 Å². The first kappa shape index (κ1) is 13.7. The van der Waals surface area contributed by atoms with Crippen LogP contribution in [0, 0.1) is 17.1 Å². The molecule has 92 valence electrons. The van der Waals surface area contributed by atoms with Gasteiger partial charge in [-0.25, -0.2) is 4.39 Å². The Kier molecular flexibility index (Phi) is 4.32. The van der Waals surface area contributed by atoms with E-state index in [1.165, 1.54) is 6.07 Å². The van der Waals surface area contributed by atoms with Crippen LogP contribution in [0.4, 0.5) is 17.6 Å². The van der Waals surface area contributed by atoms with Gasteiger partial charge in [0, 0.05) is 5.02 Å². The van der Waals surface area contributed by atoms with Crippen LogP contribution in [0.2, 0.25) is 5.02 Å². The molecule has 1 aromatic rings. The molecular formula is C10H7ClF4N2. The van der Waals surface area contributed by atoms with Crippen LogP contribution in [0.15, 0.2) is 18.2 Å². The van der Waals surface area contributed by atoms with Crippen molar-refractivity contribution >= 4 is 11.6 Å². The molecule has 1 atom stereocenters. The second kappa shape index (κ2) is 5.34. The van der Waals surface area contributed by atoms with Crippen molar-refractivity contribution in [1.29, 1.82) is 5.26 Å². The summed E-state index contributed by atoms with van der Waals surface area (Å²) in [6.45, 7) is -1.33. The van der Waals surface area contributed by atoms with E-state index in [1.807, 2.05) is 5.32 Å². The molecule has 1 rings (SSSR count). The Hall–Kier alpha value is -1.32. The average Bonchev–Trinajstić information content (AvgIpc) is 2.15. The highest BCUT2D eigenvalue weighted by Crippen LogP contribution is 2.21. The van der Waals surface area contributed by atoms with Crippen molar-refractivity contribution in [3.63, 3.8) is 0 Å². The molecule has 0 heterocycles. The number of benzene rings is 1. The number of halogens is 5. The molecule has 7 heteroatoms. The number of hydrogen-bond acceptors (Lipinski definition) is 2. The summed E-state index contributed by atoms with van der Waals surface area (Å²) in [6, 6.07) is 3.55. The molecule has 0 aliphatic rings. The van der Waals surface area contributed by atoms with Crippen molar-refractivity contribution in [2.24, 2.45) is 0 Å². The van der Waals surface area contributed by atoms with Crippen LogP contribution < -0.4 is 5.32 Å². The van der Waals surface area contributed by atoms with Crippen LogP contribution >= 0.6 is 11.6 Å². The van der Waals surface area contributed by atoms with E-state index in [-0.39, 0.29) is 10.6 Å². The summed E-state index contributed by atoms with van der Waals surface area (Å²) in [5.74, 6) is -0.707. The van der Waals surface area contributed by atoms with E-state index >= 15 is 0 Å². The summed E-state index contributed by atoms with van der Waals surface area (Å²) in [7, 11) is 0. The standard InChI is InChI=1S/C10H7ClF4N2/c11-7-1-6(2-8(12)3-7)9(4-16)17-5-10(13,14)15/h1-3,9,17H,5H2. The number of nitrogens with zero attached hydrogens (tertiary/aromatic N) is 1. The zero-order valence-corrected chi connectivity index (χ0v) is 9.11. The van der Waals surface area contributed by atoms with Crippen molar-refractivity contribution in [2.75, 3.05) is 6.54 Å². The van der Waals surface area contributed by atoms with Crippen molar-refractivity contribution in [3.8, 4) is 6.07 Å². The molecule has 1 unspecified atom stereocenters. The van der Waals surface area contributed by atoms with Crippen molar-refractivity contribution in [1.82, 2.24) is 5.32 Å². The van der Waals surface area contributed by atoms with E-state index in [0.717, 1.165) is 12.1 Å². The molecule has 0 amide bonds. The summed E-state index contributed by atoms with van der Waals surface area (Å²) in [5, 5.41) is 10.7. The number of rotatable bonds is 3. The summed E-state index contributed by atoms with van der Waals surface area (Å²) in [6.07, 6.45) is -4.44. The van der Waals surface area contributed by atoms with Gasteiger partial charge in [0.25, 0.3) is 0 Å². The zero-order valence-electron chi connectivity index (χ0n) is 8.35. The first-order chi connectivity index (χ1) is 7.81. The van der Waals surface area contributed by atoms with Gasteiger partial charge in [-0.15, -0.1) is 0 Å². The van der Waals surface area contributed by atoms with Crippen molar-refractivity contribution in [3.05, 3.63) is 34.6 Å². The maximum Gasteiger partial charge on any atom is 0.401 e. The van der Waals surface area contributed by atoms with Gasteiger partial charge in [0.1, 0.15) is 11.9 Å². The lowest BCUT2D eigenvalue weighted by molar-refractivity contribution is -0.125.